The Morgan fingerprint density at radius 2 is 1.34 bits per heavy atom. The molecule has 4 rings (SSSR count). The standard InChI is InChI=1S/C33H33NO/c1-4-26-19-20-29(25(3)23-26)31(21-22-32(35)30-18-12-11-13-24(30)2)34-33(27-14-7-5-8-15-27)28-16-9-6-10-17-28/h5-20,23,31H,4,21-22H2,1-3H3. The van der Waals surface area contributed by atoms with E-state index in [1.54, 1.807) is 0 Å². The average molecular weight is 460 g/mol. The fourth-order valence-electron chi connectivity index (χ4n) is 4.57. The summed E-state index contributed by atoms with van der Waals surface area (Å²) in [5.74, 6) is 0.173. The van der Waals surface area contributed by atoms with Crippen LogP contribution < -0.4 is 0 Å². The minimum absolute atomic E-state index is 0.121. The number of hydrogen-bond acceptors (Lipinski definition) is 2. The molecule has 0 fully saturated rings. The van der Waals surface area contributed by atoms with E-state index < -0.39 is 0 Å². The van der Waals surface area contributed by atoms with Gasteiger partial charge in [0.25, 0.3) is 0 Å². The van der Waals surface area contributed by atoms with E-state index in [1.165, 1.54) is 16.7 Å². The molecule has 0 amide bonds. The molecule has 0 aromatic heterocycles. The lowest BCUT2D eigenvalue weighted by molar-refractivity contribution is 0.0977. The quantitative estimate of drug-likeness (QED) is 0.184. The molecule has 0 bridgehead atoms. The van der Waals surface area contributed by atoms with Crippen LogP contribution in [0.25, 0.3) is 0 Å². The van der Waals surface area contributed by atoms with Crippen molar-refractivity contribution in [1.29, 1.82) is 0 Å². The van der Waals surface area contributed by atoms with Crippen LogP contribution in [0.15, 0.2) is 108 Å². The van der Waals surface area contributed by atoms with Crippen LogP contribution in [0.1, 0.15) is 69.5 Å². The highest BCUT2D eigenvalue weighted by molar-refractivity contribution is 6.13. The Hall–Kier alpha value is -3.78. The van der Waals surface area contributed by atoms with Gasteiger partial charge in [0.15, 0.2) is 5.78 Å². The number of ketones is 1. The number of nitrogens with zero attached hydrogens (tertiary/aromatic N) is 1. The van der Waals surface area contributed by atoms with Crippen LogP contribution in [0, 0.1) is 13.8 Å². The van der Waals surface area contributed by atoms with E-state index in [0.717, 1.165) is 34.4 Å². The third-order valence-corrected chi connectivity index (χ3v) is 6.57. The lowest BCUT2D eigenvalue weighted by Gasteiger charge is -2.19. The van der Waals surface area contributed by atoms with Crippen LogP contribution in [0.5, 0.6) is 0 Å². The van der Waals surface area contributed by atoms with Crippen molar-refractivity contribution in [1.82, 2.24) is 0 Å². The van der Waals surface area contributed by atoms with E-state index in [1.807, 2.05) is 67.6 Å². The summed E-state index contributed by atoms with van der Waals surface area (Å²) in [6.45, 7) is 6.33. The summed E-state index contributed by atoms with van der Waals surface area (Å²) >= 11 is 0. The minimum atomic E-state index is -0.121. The van der Waals surface area contributed by atoms with Gasteiger partial charge < -0.3 is 0 Å². The van der Waals surface area contributed by atoms with Gasteiger partial charge in [-0.3, -0.25) is 9.79 Å². The molecule has 0 aliphatic heterocycles. The first-order chi connectivity index (χ1) is 17.1. The van der Waals surface area contributed by atoms with Crippen molar-refractivity contribution in [2.75, 3.05) is 0 Å². The van der Waals surface area contributed by atoms with Crippen molar-refractivity contribution in [2.24, 2.45) is 4.99 Å². The molecule has 1 unspecified atom stereocenters. The van der Waals surface area contributed by atoms with E-state index in [-0.39, 0.29) is 11.8 Å². The number of aliphatic imine (C=N–C) groups is 1. The molecule has 4 aromatic rings. The second kappa shape index (κ2) is 11.6. The minimum Gasteiger partial charge on any atom is -0.294 e. The number of carbonyl (C=O) groups excluding carboxylic acids is 1. The summed E-state index contributed by atoms with van der Waals surface area (Å²) < 4.78 is 0. The Balaban J connectivity index is 1.76. The number of hydrogen-bond donors (Lipinski definition) is 0. The molecule has 2 nitrogen and oxygen atoms in total. The molecule has 0 N–H and O–H groups in total. The van der Waals surface area contributed by atoms with Gasteiger partial charge in [0.05, 0.1) is 11.8 Å². The van der Waals surface area contributed by atoms with Crippen molar-refractivity contribution >= 4 is 11.5 Å². The molecule has 4 aromatic carbocycles. The zero-order valence-electron chi connectivity index (χ0n) is 20.9. The maximum absolute atomic E-state index is 13.2. The first-order valence-electron chi connectivity index (χ1n) is 12.4. The van der Waals surface area contributed by atoms with Gasteiger partial charge in [0.2, 0.25) is 0 Å². The Labute approximate surface area is 209 Å². The van der Waals surface area contributed by atoms with E-state index in [4.69, 9.17) is 4.99 Å². The second-order valence-corrected chi connectivity index (χ2v) is 9.05. The topological polar surface area (TPSA) is 29.4 Å². The molecule has 0 radical (unpaired) electrons. The molecule has 0 saturated carbocycles. The Morgan fingerprint density at radius 3 is 1.91 bits per heavy atom. The maximum atomic E-state index is 13.2. The number of rotatable bonds is 9. The molecule has 1 atom stereocenters. The van der Waals surface area contributed by atoms with Crippen molar-refractivity contribution < 1.29 is 4.79 Å². The second-order valence-electron chi connectivity index (χ2n) is 9.05. The van der Waals surface area contributed by atoms with Crippen LogP contribution >= 0.6 is 0 Å². The molecule has 0 spiro atoms. The molecule has 0 saturated heterocycles. The molecule has 0 heterocycles. The van der Waals surface area contributed by atoms with Gasteiger partial charge in [-0.25, -0.2) is 0 Å². The van der Waals surface area contributed by atoms with Gasteiger partial charge in [-0.2, -0.15) is 0 Å². The Kier molecular flexibility index (Phi) is 8.05. The summed E-state index contributed by atoms with van der Waals surface area (Å²) in [5.41, 5.74) is 8.67. The van der Waals surface area contributed by atoms with Gasteiger partial charge in [-0.05, 0) is 48.9 Å². The van der Waals surface area contributed by atoms with Crippen LogP contribution in [0.3, 0.4) is 0 Å². The van der Waals surface area contributed by atoms with E-state index in [9.17, 15) is 4.79 Å². The molecular weight excluding hydrogens is 426 g/mol. The number of carbonyl (C=O) groups is 1. The van der Waals surface area contributed by atoms with Crippen molar-refractivity contribution in [2.45, 2.75) is 46.1 Å². The SMILES string of the molecule is CCc1ccc(C(CCC(=O)c2ccccc2C)N=C(c2ccccc2)c2ccccc2)c(C)c1. The van der Waals surface area contributed by atoms with Crippen LogP contribution in [0.4, 0.5) is 0 Å². The van der Waals surface area contributed by atoms with Crippen LogP contribution in [0.2, 0.25) is 0 Å². The molecular formula is C33H33NO. The first kappa shape index (κ1) is 24.3. The predicted octanol–water partition coefficient (Wildman–Crippen LogP) is 8.11. The summed E-state index contributed by atoms with van der Waals surface area (Å²) in [6, 6.07) is 35.0. The van der Waals surface area contributed by atoms with E-state index in [0.29, 0.717) is 12.8 Å². The van der Waals surface area contributed by atoms with Gasteiger partial charge in [0, 0.05) is 23.1 Å². The maximum Gasteiger partial charge on any atom is 0.163 e. The van der Waals surface area contributed by atoms with Crippen molar-refractivity contribution in [3.05, 3.63) is 142 Å². The number of aryl methyl sites for hydroxylation is 3. The van der Waals surface area contributed by atoms with Crippen molar-refractivity contribution in [3.63, 3.8) is 0 Å². The van der Waals surface area contributed by atoms with Gasteiger partial charge in [0.1, 0.15) is 0 Å². The summed E-state index contributed by atoms with van der Waals surface area (Å²) in [6.07, 6.45) is 2.10. The average Bonchev–Trinajstić information content (AvgIpc) is 2.90. The van der Waals surface area contributed by atoms with E-state index >= 15 is 0 Å². The fraction of sp³-hybridized carbons (Fsp3) is 0.212. The van der Waals surface area contributed by atoms with Crippen molar-refractivity contribution in [3.8, 4) is 0 Å². The highest BCUT2D eigenvalue weighted by atomic mass is 16.1. The smallest absolute Gasteiger partial charge is 0.163 e. The lowest BCUT2D eigenvalue weighted by Crippen LogP contribution is -2.10. The summed E-state index contributed by atoms with van der Waals surface area (Å²) in [7, 11) is 0. The van der Waals surface area contributed by atoms with Crippen LogP contribution in [-0.2, 0) is 6.42 Å². The summed E-state index contributed by atoms with van der Waals surface area (Å²) in [4.78, 5) is 18.5. The fourth-order valence-corrected chi connectivity index (χ4v) is 4.57. The largest absolute Gasteiger partial charge is 0.294 e. The third kappa shape index (κ3) is 6.02. The number of benzene rings is 4. The highest BCUT2D eigenvalue weighted by Crippen LogP contribution is 2.30. The lowest BCUT2D eigenvalue weighted by atomic mass is 9.92. The third-order valence-electron chi connectivity index (χ3n) is 6.57. The molecule has 0 aliphatic rings. The summed E-state index contributed by atoms with van der Waals surface area (Å²) in [5, 5.41) is 0. The zero-order valence-corrected chi connectivity index (χ0v) is 20.9. The Bertz CT molecular complexity index is 1260. The number of Topliss-reactive ketones (excluding diaryl/α,β-unsaturated/α-hetero) is 1. The normalized spacial score (nSPS) is 11.6. The van der Waals surface area contributed by atoms with Gasteiger partial charge in [-0.15, -0.1) is 0 Å². The molecule has 2 heteroatoms. The van der Waals surface area contributed by atoms with E-state index in [2.05, 4.69) is 56.3 Å². The monoisotopic (exact) mass is 459 g/mol. The Morgan fingerprint density at radius 1 is 0.743 bits per heavy atom. The first-order valence-corrected chi connectivity index (χ1v) is 12.4. The molecule has 0 aliphatic carbocycles. The predicted molar refractivity (Wildman–Crippen MR) is 147 cm³/mol. The van der Waals surface area contributed by atoms with Gasteiger partial charge in [-0.1, -0.05) is 110 Å². The molecule has 35 heavy (non-hydrogen) atoms. The highest BCUT2D eigenvalue weighted by Gasteiger charge is 2.19. The van der Waals surface area contributed by atoms with Gasteiger partial charge >= 0.3 is 0 Å². The molecule has 176 valence electrons. The van der Waals surface area contributed by atoms with Crippen LogP contribution in [-0.4, -0.2) is 11.5 Å². The zero-order chi connectivity index (χ0) is 24.6.